The summed E-state index contributed by atoms with van der Waals surface area (Å²) in [6, 6.07) is 13.7. The van der Waals surface area contributed by atoms with Crippen molar-refractivity contribution in [3.63, 3.8) is 0 Å². The van der Waals surface area contributed by atoms with Crippen molar-refractivity contribution in [2.45, 2.75) is 45.8 Å². The number of amides is 2. The van der Waals surface area contributed by atoms with Crippen molar-refractivity contribution in [1.29, 1.82) is 0 Å². The number of halogens is 1. The molecular weight excluding hydrogens is 404 g/mol. The minimum atomic E-state index is -0.614. The van der Waals surface area contributed by atoms with Crippen molar-refractivity contribution in [2.75, 3.05) is 13.7 Å². The molecule has 0 aliphatic carbocycles. The zero-order valence-electron chi connectivity index (χ0n) is 17.9. The number of ether oxygens (including phenoxy) is 2. The molecule has 0 aliphatic rings. The molecule has 0 saturated carbocycles. The Bertz CT molecular complexity index is 839. The molecule has 162 valence electrons. The Morgan fingerprint density at radius 2 is 1.70 bits per heavy atom. The van der Waals surface area contributed by atoms with Gasteiger partial charge in [-0.15, -0.1) is 0 Å². The van der Waals surface area contributed by atoms with Crippen LogP contribution in [0.4, 0.5) is 0 Å². The molecule has 7 heteroatoms. The molecule has 30 heavy (non-hydrogen) atoms. The minimum absolute atomic E-state index is 0.0242. The molecule has 0 radical (unpaired) electrons. The molecule has 1 N–H and O–H groups in total. The van der Waals surface area contributed by atoms with E-state index in [1.54, 1.807) is 42.3 Å². The molecule has 0 heterocycles. The van der Waals surface area contributed by atoms with Crippen LogP contribution in [0.3, 0.4) is 0 Å². The molecule has 2 amide bonds. The summed E-state index contributed by atoms with van der Waals surface area (Å²) in [6.07, 6.45) is 0.479. The lowest BCUT2D eigenvalue weighted by atomic mass is 10.1. The first-order valence-electron chi connectivity index (χ1n) is 9.95. The first-order valence-corrected chi connectivity index (χ1v) is 10.3. The molecule has 0 spiro atoms. The molecule has 0 saturated heterocycles. The molecule has 2 aromatic carbocycles. The second kappa shape index (κ2) is 11.5. The van der Waals surface area contributed by atoms with Gasteiger partial charge in [0, 0.05) is 17.6 Å². The number of nitrogens with zero attached hydrogens (tertiary/aromatic N) is 1. The van der Waals surface area contributed by atoms with Crippen molar-refractivity contribution in [3.8, 4) is 11.5 Å². The molecule has 0 bridgehead atoms. The summed E-state index contributed by atoms with van der Waals surface area (Å²) >= 11 is 5.98. The first kappa shape index (κ1) is 23.5. The summed E-state index contributed by atoms with van der Waals surface area (Å²) in [7, 11) is 1.54. The van der Waals surface area contributed by atoms with Crippen LogP contribution in [-0.2, 0) is 16.1 Å². The average molecular weight is 433 g/mol. The van der Waals surface area contributed by atoms with Crippen LogP contribution < -0.4 is 14.8 Å². The zero-order chi connectivity index (χ0) is 22.1. The topological polar surface area (TPSA) is 67.9 Å². The van der Waals surface area contributed by atoms with Crippen LogP contribution in [0, 0.1) is 0 Å². The van der Waals surface area contributed by atoms with Crippen molar-refractivity contribution in [2.24, 2.45) is 0 Å². The van der Waals surface area contributed by atoms with Crippen molar-refractivity contribution in [1.82, 2.24) is 10.2 Å². The van der Waals surface area contributed by atoms with E-state index in [0.717, 1.165) is 5.56 Å². The number of rotatable bonds is 10. The van der Waals surface area contributed by atoms with Crippen LogP contribution in [-0.4, -0.2) is 42.5 Å². The third-order valence-electron chi connectivity index (χ3n) is 4.50. The summed E-state index contributed by atoms with van der Waals surface area (Å²) in [6.45, 7) is 5.73. The van der Waals surface area contributed by atoms with E-state index in [9.17, 15) is 9.59 Å². The molecule has 0 aromatic heterocycles. The van der Waals surface area contributed by atoms with Crippen LogP contribution in [0.15, 0.2) is 48.5 Å². The van der Waals surface area contributed by atoms with Gasteiger partial charge in [-0.05, 0) is 50.1 Å². The smallest absolute Gasteiger partial charge is 0.261 e. The van der Waals surface area contributed by atoms with Crippen LogP contribution in [0.5, 0.6) is 11.5 Å². The fourth-order valence-corrected chi connectivity index (χ4v) is 3.17. The Labute approximate surface area is 183 Å². The van der Waals surface area contributed by atoms with Gasteiger partial charge < -0.3 is 19.7 Å². The summed E-state index contributed by atoms with van der Waals surface area (Å²) in [4.78, 5) is 27.4. The van der Waals surface area contributed by atoms with Crippen molar-refractivity contribution < 1.29 is 19.1 Å². The van der Waals surface area contributed by atoms with E-state index in [1.165, 1.54) is 0 Å². The van der Waals surface area contributed by atoms with Crippen LogP contribution in [0.2, 0.25) is 5.02 Å². The number of carbonyl (C=O) groups excluding carboxylic acids is 2. The standard InChI is InChI=1S/C23H29ClN2O4/c1-5-19(23(28)25-16(2)3)26(14-17-10-12-18(24)13-11-17)22(27)15-30-21-9-7-6-8-20(21)29-4/h6-13,16,19H,5,14-15H2,1-4H3,(H,25,28)/t19-/m0/s1. The lowest BCUT2D eigenvalue weighted by molar-refractivity contribution is -0.143. The highest BCUT2D eigenvalue weighted by Crippen LogP contribution is 2.26. The number of benzene rings is 2. The number of nitrogens with one attached hydrogen (secondary N) is 1. The van der Waals surface area contributed by atoms with Gasteiger partial charge in [0.05, 0.1) is 7.11 Å². The van der Waals surface area contributed by atoms with E-state index < -0.39 is 6.04 Å². The number of methoxy groups -OCH3 is 1. The van der Waals surface area contributed by atoms with Gasteiger partial charge in [0.25, 0.3) is 5.91 Å². The maximum atomic E-state index is 13.1. The molecule has 0 aliphatic heterocycles. The minimum Gasteiger partial charge on any atom is -0.493 e. The maximum absolute atomic E-state index is 13.1. The van der Waals surface area contributed by atoms with E-state index >= 15 is 0 Å². The molecule has 0 fully saturated rings. The lowest BCUT2D eigenvalue weighted by Gasteiger charge is -2.31. The van der Waals surface area contributed by atoms with Gasteiger partial charge in [0.2, 0.25) is 5.91 Å². The van der Waals surface area contributed by atoms with Crippen molar-refractivity contribution >= 4 is 23.4 Å². The van der Waals surface area contributed by atoms with Crippen molar-refractivity contribution in [3.05, 3.63) is 59.1 Å². The quantitative estimate of drug-likeness (QED) is 0.614. The molecular formula is C23H29ClN2O4. The van der Waals surface area contributed by atoms with E-state index in [4.69, 9.17) is 21.1 Å². The van der Waals surface area contributed by atoms with Gasteiger partial charge in [-0.1, -0.05) is 42.8 Å². The van der Waals surface area contributed by atoms with Gasteiger partial charge in [0.1, 0.15) is 6.04 Å². The van der Waals surface area contributed by atoms with Gasteiger partial charge in [0.15, 0.2) is 18.1 Å². The lowest BCUT2D eigenvalue weighted by Crippen LogP contribution is -2.51. The van der Waals surface area contributed by atoms with Gasteiger partial charge in [-0.3, -0.25) is 9.59 Å². The Hall–Kier alpha value is -2.73. The second-order valence-corrected chi connectivity index (χ2v) is 7.61. The summed E-state index contributed by atoms with van der Waals surface area (Å²) < 4.78 is 11.0. The largest absolute Gasteiger partial charge is 0.493 e. The molecule has 2 rings (SSSR count). The van der Waals surface area contributed by atoms with E-state index in [0.29, 0.717) is 22.9 Å². The van der Waals surface area contributed by atoms with E-state index in [2.05, 4.69) is 5.32 Å². The highest BCUT2D eigenvalue weighted by atomic mass is 35.5. The molecule has 6 nitrogen and oxygen atoms in total. The monoisotopic (exact) mass is 432 g/mol. The molecule has 0 unspecified atom stereocenters. The average Bonchev–Trinajstić information content (AvgIpc) is 2.73. The van der Waals surface area contributed by atoms with Gasteiger partial charge in [-0.2, -0.15) is 0 Å². The predicted molar refractivity (Wildman–Crippen MR) is 118 cm³/mol. The number of hydrogen-bond donors (Lipinski definition) is 1. The van der Waals surface area contributed by atoms with Crippen LogP contribution >= 0.6 is 11.6 Å². The maximum Gasteiger partial charge on any atom is 0.261 e. The Morgan fingerprint density at radius 3 is 2.27 bits per heavy atom. The summed E-state index contributed by atoms with van der Waals surface area (Å²) in [5.41, 5.74) is 0.876. The van der Waals surface area contributed by atoms with Crippen LogP contribution in [0.25, 0.3) is 0 Å². The second-order valence-electron chi connectivity index (χ2n) is 7.17. The highest BCUT2D eigenvalue weighted by molar-refractivity contribution is 6.30. The third kappa shape index (κ3) is 6.66. The SMILES string of the molecule is CC[C@@H](C(=O)NC(C)C)N(Cc1ccc(Cl)cc1)C(=O)COc1ccccc1OC. The third-order valence-corrected chi connectivity index (χ3v) is 4.76. The number of hydrogen-bond acceptors (Lipinski definition) is 4. The fourth-order valence-electron chi connectivity index (χ4n) is 3.05. The number of para-hydroxylation sites is 2. The van der Waals surface area contributed by atoms with Gasteiger partial charge >= 0.3 is 0 Å². The normalized spacial score (nSPS) is 11.7. The molecule has 2 aromatic rings. The Balaban J connectivity index is 2.22. The zero-order valence-corrected chi connectivity index (χ0v) is 18.6. The van der Waals surface area contributed by atoms with Gasteiger partial charge in [-0.25, -0.2) is 0 Å². The molecule has 1 atom stereocenters. The van der Waals surface area contributed by atoms with E-state index in [1.807, 2.05) is 39.0 Å². The summed E-state index contributed by atoms with van der Waals surface area (Å²) in [5.74, 6) is 0.535. The fraction of sp³-hybridized carbons (Fsp3) is 0.391. The Kier molecular flexibility index (Phi) is 8.99. The van der Waals surface area contributed by atoms with E-state index in [-0.39, 0.29) is 31.0 Å². The first-order chi connectivity index (χ1) is 14.3. The van der Waals surface area contributed by atoms with Crippen LogP contribution in [0.1, 0.15) is 32.8 Å². The highest BCUT2D eigenvalue weighted by Gasteiger charge is 2.29. The number of carbonyl (C=O) groups is 2. The summed E-state index contributed by atoms with van der Waals surface area (Å²) in [5, 5.41) is 3.51. The Morgan fingerprint density at radius 1 is 1.07 bits per heavy atom. The predicted octanol–water partition coefficient (Wildman–Crippen LogP) is 4.06.